The standard InChI is InChI=1S/C11H11BN2O2/c1-6-13-9-4-8(12)11(16-7(2)15)5-10(9)14(6)3/h4-5H,1-3H3. The molecule has 0 amide bonds. The van der Waals surface area contributed by atoms with Crippen LogP contribution in [0, 0.1) is 6.92 Å². The number of esters is 1. The van der Waals surface area contributed by atoms with Crippen LogP contribution in [0.1, 0.15) is 12.7 Å². The fourth-order valence-electron chi connectivity index (χ4n) is 1.60. The maximum absolute atomic E-state index is 10.9. The Morgan fingerprint density at radius 2 is 2.19 bits per heavy atom. The Kier molecular flexibility index (Phi) is 2.46. The van der Waals surface area contributed by atoms with Crippen LogP contribution >= 0.6 is 0 Å². The number of imidazole rings is 1. The van der Waals surface area contributed by atoms with Crippen molar-refractivity contribution in [2.75, 3.05) is 0 Å². The highest BCUT2D eigenvalue weighted by Gasteiger charge is 2.09. The maximum Gasteiger partial charge on any atom is 0.308 e. The molecule has 0 atom stereocenters. The van der Waals surface area contributed by atoms with Gasteiger partial charge in [-0.25, -0.2) is 4.98 Å². The summed E-state index contributed by atoms with van der Waals surface area (Å²) in [7, 11) is 7.67. The van der Waals surface area contributed by atoms with E-state index in [1.807, 2.05) is 18.5 Å². The number of nitrogens with zero attached hydrogens (tertiary/aromatic N) is 2. The predicted octanol–water partition coefficient (Wildman–Crippen LogP) is 0.601. The summed E-state index contributed by atoms with van der Waals surface area (Å²) in [6, 6.07) is 3.44. The number of ether oxygens (including phenoxy) is 1. The fourth-order valence-corrected chi connectivity index (χ4v) is 1.60. The van der Waals surface area contributed by atoms with Gasteiger partial charge in [0.2, 0.25) is 0 Å². The minimum atomic E-state index is -0.384. The van der Waals surface area contributed by atoms with Crippen LogP contribution in [0.3, 0.4) is 0 Å². The second-order valence-electron chi connectivity index (χ2n) is 3.69. The third kappa shape index (κ3) is 1.69. The molecule has 0 aliphatic heterocycles. The van der Waals surface area contributed by atoms with Crippen LogP contribution in [-0.2, 0) is 11.8 Å². The van der Waals surface area contributed by atoms with Gasteiger partial charge in [0.05, 0.1) is 11.0 Å². The summed E-state index contributed by atoms with van der Waals surface area (Å²) >= 11 is 0. The van der Waals surface area contributed by atoms with E-state index in [4.69, 9.17) is 12.6 Å². The molecule has 1 heterocycles. The summed E-state index contributed by atoms with van der Waals surface area (Å²) in [5, 5.41) is 0. The monoisotopic (exact) mass is 214 g/mol. The Morgan fingerprint density at radius 3 is 2.81 bits per heavy atom. The van der Waals surface area contributed by atoms with Crippen molar-refractivity contribution in [2.24, 2.45) is 7.05 Å². The van der Waals surface area contributed by atoms with Gasteiger partial charge in [0.25, 0.3) is 0 Å². The van der Waals surface area contributed by atoms with E-state index in [-0.39, 0.29) is 5.97 Å². The summed E-state index contributed by atoms with van der Waals surface area (Å²) in [6.07, 6.45) is 0. The average molecular weight is 214 g/mol. The van der Waals surface area contributed by atoms with Crippen molar-refractivity contribution >= 4 is 30.3 Å². The number of carbonyl (C=O) groups is 1. The van der Waals surface area contributed by atoms with Crippen LogP contribution in [0.15, 0.2) is 12.1 Å². The van der Waals surface area contributed by atoms with Crippen LogP contribution in [0.4, 0.5) is 0 Å². The molecule has 2 radical (unpaired) electrons. The smallest absolute Gasteiger partial charge is 0.308 e. The molecule has 0 fully saturated rings. The van der Waals surface area contributed by atoms with Crippen molar-refractivity contribution in [2.45, 2.75) is 13.8 Å². The van der Waals surface area contributed by atoms with E-state index in [1.54, 1.807) is 12.1 Å². The first-order valence-corrected chi connectivity index (χ1v) is 4.90. The molecule has 4 nitrogen and oxygen atoms in total. The summed E-state index contributed by atoms with van der Waals surface area (Å²) in [6.45, 7) is 3.25. The van der Waals surface area contributed by atoms with Crippen molar-refractivity contribution in [1.82, 2.24) is 9.55 Å². The number of aromatic nitrogens is 2. The zero-order chi connectivity index (χ0) is 11.9. The Morgan fingerprint density at radius 1 is 1.50 bits per heavy atom. The predicted molar refractivity (Wildman–Crippen MR) is 62.1 cm³/mol. The lowest BCUT2D eigenvalue weighted by Gasteiger charge is -2.06. The highest BCUT2D eigenvalue weighted by atomic mass is 16.5. The third-order valence-electron chi connectivity index (χ3n) is 2.49. The molecule has 0 saturated carbocycles. The average Bonchev–Trinajstić information content (AvgIpc) is 2.44. The van der Waals surface area contributed by atoms with E-state index in [2.05, 4.69) is 4.98 Å². The first-order chi connectivity index (χ1) is 7.49. The number of fused-ring (bicyclic) bond motifs is 1. The summed E-state index contributed by atoms with van der Waals surface area (Å²) < 4.78 is 6.93. The lowest BCUT2D eigenvalue weighted by Crippen LogP contribution is -2.12. The lowest BCUT2D eigenvalue weighted by atomic mass is 9.94. The molecular weight excluding hydrogens is 203 g/mol. The van der Waals surface area contributed by atoms with Crippen LogP contribution in [-0.4, -0.2) is 23.4 Å². The fraction of sp³-hybridized carbons (Fsp3) is 0.273. The Hall–Kier alpha value is -1.78. The second kappa shape index (κ2) is 3.66. The van der Waals surface area contributed by atoms with Gasteiger partial charge in [-0.05, 0) is 13.0 Å². The molecule has 0 unspecified atom stereocenters. The molecule has 80 valence electrons. The molecule has 16 heavy (non-hydrogen) atoms. The third-order valence-corrected chi connectivity index (χ3v) is 2.49. The quantitative estimate of drug-likeness (QED) is 0.396. The lowest BCUT2D eigenvalue weighted by molar-refractivity contribution is -0.131. The van der Waals surface area contributed by atoms with Crippen molar-refractivity contribution in [1.29, 1.82) is 0 Å². The van der Waals surface area contributed by atoms with Crippen molar-refractivity contribution in [3.63, 3.8) is 0 Å². The molecule has 2 rings (SSSR count). The number of hydrogen-bond donors (Lipinski definition) is 0. The van der Waals surface area contributed by atoms with E-state index in [1.165, 1.54) is 6.92 Å². The Labute approximate surface area is 94.6 Å². The second-order valence-corrected chi connectivity index (χ2v) is 3.69. The SMILES string of the molecule is [B]c1cc2nc(C)n(C)c2cc1OC(C)=O. The maximum atomic E-state index is 10.9. The molecular formula is C11H11BN2O2. The number of hydrogen-bond acceptors (Lipinski definition) is 3. The molecule has 0 aliphatic rings. The van der Waals surface area contributed by atoms with Gasteiger partial charge < -0.3 is 9.30 Å². The van der Waals surface area contributed by atoms with Crippen LogP contribution in [0.5, 0.6) is 5.75 Å². The number of aryl methyl sites for hydroxylation is 2. The molecule has 0 N–H and O–H groups in total. The summed E-state index contributed by atoms with van der Waals surface area (Å²) in [5.74, 6) is 0.877. The van der Waals surface area contributed by atoms with E-state index in [0.717, 1.165) is 16.9 Å². The Balaban J connectivity index is 2.64. The molecule has 5 heteroatoms. The minimum Gasteiger partial charge on any atom is -0.427 e. The summed E-state index contributed by atoms with van der Waals surface area (Å²) in [5.41, 5.74) is 2.11. The number of rotatable bonds is 1. The van der Waals surface area contributed by atoms with E-state index in [9.17, 15) is 4.79 Å². The van der Waals surface area contributed by atoms with Gasteiger partial charge >= 0.3 is 5.97 Å². The van der Waals surface area contributed by atoms with Gasteiger partial charge in [-0.15, -0.1) is 0 Å². The zero-order valence-electron chi connectivity index (χ0n) is 9.44. The molecule has 1 aromatic heterocycles. The zero-order valence-corrected chi connectivity index (χ0v) is 9.44. The Bertz CT molecular complexity index is 575. The summed E-state index contributed by atoms with van der Waals surface area (Å²) in [4.78, 5) is 15.2. The molecule has 0 bridgehead atoms. The number of benzene rings is 1. The molecule has 2 aromatic rings. The van der Waals surface area contributed by atoms with E-state index >= 15 is 0 Å². The van der Waals surface area contributed by atoms with Crippen LogP contribution in [0.2, 0.25) is 0 Å². The van der Waals surface area contributed by atoms with E-state index < -0.39 is 0 Å². The van der Waals surface area contributed by atoms with Crippen LogP contribution < -0.4 is 10.2 Å². The largest absolute Gasteiger partial charge is 0.427 e. The topological polar surface area (TPSA) is 44.1 Å². The van der Waals surface area contributed by atoms with Crippen LogP contribution in [0.25, 0.3) is 11.0 Å². The van der Waals surface area contributed by atoms with Crippen molar-refractivity contribution in [3.05, 3.63) is 18.0 Å². The first kappa shape index (κ1) is 10.7. The molecule has 0 spiro atoms. The van der Waals surface area contributed by atoms with Crippen molar-refractivity contribution in [3.8, 4) is 5.75 Å². The molecule has 0 aliphatic carbocycles. The normalized spacial score (nSPS) is 10.7. The van der Waals surface area contributed by atoms with Gasteiger partial charge in [-0.3, -0.25) is 4.79 Å². The number of carbonyl (C=O) groups excluding carboxylic acids is 1. The minimum absolute atomic E-state index is 0.378. The highest BCUT2D eigenvalue weighted by Crippen LogP contribution is 2.19. The van der Waals surface area contributed by atoms with Gasteiger partial charge in [-0.1, -0.05) is 5.46 Å². The van der Waals surface area contributed by atoms with Gasteiger partial charge in [0, 0.05) is 20.0 Å². The van der Waals surface area contributed by atoms with E-state index in [0.29, 0.717) is 11.2 Å². The van der Waals surface area contributed by atoms with Gasteiger partial charge in [-0.2, -0.15) is 0 Å². The van der Waals surface area contributed by atoms with Gasteiger partial charge in [0.15, 0.2) is 0 Å². The molecule has 1 aromatic carbocycles. The first-order valence-electron chi connectivity index (χ1n) is 4.90. The molecule has 0 saturated heterocycles. The van der Waals surface area contributed by atoms with Gasteiger partial charge in [0.1, 0.15) is 19.4 Å². The highest BCUT2D eigenvalue weighted by molar-refractivity contribution is 6.35. The van der Waals surface area contributed by atoms with Crippen molar-refractivity contribution < 1.29 is 9.53 Å².